The molecule has 1 unspecified atom stereocenters. The Labute approximate surface area is 95.2 Å². The lowest BCUT2D eigenvalue weighted by Gasteiger charge is -2.12. The molecule has 0 heterocycles. The zero-order valence-corrected chi connectivity index (χ0v) is 8.80. The Bertz CT molecular complexity index is 436. The quantitative estimate of drug-likeness (QED) is 0.454. The van der Waals surface area contributed by atoms with E-state index in [-0.39, 0.29) is 11.3 Å². The van der Waals surface area contributed by atoms with Gasteiger partial charge in [-0.1, -0.05) is 13.0 Å². The molecule has 0 fully saturated rings. The highest BCUT2D eigenvalue weighted by molar-refractivity contribution is 5.68. The number of carbonyl (C=O) groups excluding carboxylic acids is 1. The van der Waals surface area contributed by atoms with Gasteiger partial charge in [0.1, 0.15) is 12.0 Å². The Kier molecular flexibility index (Phi) is 4.08. The molecule has 92 valence electrons. The van der Waals surface area contributed by atoms with E-state index in [0.29, 0.717) is 6.29 Å². The summed E-state index contributed by atoms with van der Waals surface area (Å²) >= 11 is 0. The molecule has 0 saturated heterocycles. The molecule has 17 heavy (non-hydrogen) atoms. The topological polar surface area (TPSA) is 69.4 Å². The molecule has 5 nitrogen and oxygen atoms in total. The standard InChI is InChI=1S/C10H9F2NO4/c1-6(5-14)9-7(13(15)16)3-2-4-8(9)17-10(11)12/h2-6,10H,1H3. The highest BCUT2D eigenvalue weighted by Crippen LogP contribution is 2.34. The Morgan fingerprint density at radius 1 is 1.47 bits per heavy atom. The van der Waals surface area contributed by atoms with Crippen molar-refractivity contribution in [1.82, 2.24) is 0 Å². The van der Waals surface area contributed by atoms with Crippen LogP contribution in [-0.4, -0.2) is 17.8 Å². The van der Waals surface area contributed by atoms with Crippen molar-refractivity contribution in [2.24, 2.45) is 0 Å². The van der Waals surface area contributed by atoms with Crippen molar-refractivity contribution in [3.05, 3.63) is 33.9 Å². The predicted molar refractivity (Wildman–Crippen MR) is 54.2 cm³/mol. The largest absolute Gasteiger partial charge is 0.434 e. The first-order valence-electron chi connectivity index (χ1n) is 4.64. The second kappa shape index (κ2) is 5.33. The third kappa shape index (κ3) is 2.96. The Morgan fingerprint density at radius 3 is 2.59 bits per heavy atom. The SMILES string of the molecule is CC(C=O)c1c(OC(F)F)cccc1[N+](=O)[O-]. The molecule has 0 aromatic heterocycles. The van der Waals surface area contributed by atoms with E-state index in [1.165, 1.54) is 13.0 Å². The number of ether oxygens (including phenoxy) is 1. The first kappa shape index (κ1) is 13.0. The minimum atomic E-state index is -3.10. The summed E-state index contributed by atoms with van der Waals surface area (Å²) in [7, 11) is 0. The fraction of sp³-hybridized carbons (Fsp3) is 0.300. The number of alkyl halides is 2. The lowest BCUT2D eigenvalue weighted by molar-refractivity contribution is -0.385. The molecule has 0 aliphatic heterocycles. The lowest BCUT2D eigenvalue weighted by Crippen LogP contribution is -2.08. The van der Waals surface area contributed by atoms with E-state index in [1.54, 1.807) is 0 Å². The monoisotopic (exact) mass is 245 g/mol. The average Bonchev–Trinajstić information content (AvgIpc) is 2.26. The van der Waals surface area contributed by atoms with Gasteiger partial charge < -0.3 is 9.53 Å². The van der Waals surface area contributed by atoms with Gasteiger partial charge in [0, 0.05) is 12.0 Å². The van der Waals surface area contributed by atoms with Crippen LogP contribution in [0.1, 0.15) is 18.4 Å². The van der Waals surface area contributed by atoms with Gasteiger partial charge in [0.15, 0.2) is 0 Å². The maximum absolute atomic E-state index is 12.1. The van der Waals surface area contributed by atoms with Crippen molar-refractivity contribution >= 4 is 12.0 Å². The third-order valence-electron chi connectivity index (χ3n) is 2.12. The number of nitro benzene ring substituents is 1. The first-order valence-corrected chi connectivity index (χ1v) is 4.64. The number of hydrogen-bond donors (Lipinski definition) is 0. The smallest absolute Gasteiger partial charge is 0.387 e. The highest BCUT2D eigenvalue weighted by atomic mass is 19.3. The summed E-state index contributed by atoms with van der Waals surface area (Å²) in [5.41, 5.74) is -0.560. The summed E-state index contributed by atoms with van der Waals surface area (Å²) in [6.45, 7) is -1.73. The van der Waals surface area contributed by atoms with E-state index in [9.17, 15) is 23.7 Å². The van der Waals surface area contributed by atoms with Crippen molar-refractivity contribution in [1.29, 1.82) is 0 Å². The second-order valence-corrected chi connectivity index (χ2v) is 3.25. The van der Waals surface area contributed by atoms with Crippen LogP contribution < -0.4 is 4.74 Å². The lowest BCUT2D eigenvalue weighted by atomic mass is 9.99. The Morgan fingerprint density at radius 2 is 2.12 bits per heavy atom. The fourth-order valence-corrected chi connectivity index (χ4v) is 1.42. The zero-order chi connectivity index (χ0) is 13.0. The normalized spacial score (nSPS) is 12.2. The molecule has 0 aliphatic rings. The van der Waals surface area contributed by atoms with Crippen LogP contribution in [0.4, 0.5) is 14.5 Å². The van der Waals surface area contributed by atoms with Crippen molar-refractivity contribution in [3.63, 3.8) is 0 Å². The molecule has 0 amide bonds. The van der Waals surface area contributed by atoms with Crippen LogP contribution >= 0.6 is 0 Å². The van der Waals surface area contributed by atoms with Gasteiger partial charge in [-0.3, -0.25) is 10.1 Å². The Hall–Kier alpha value is -2.05. The molecule has 1 aromatic carbocycles. The summed E-state index contributed by atoms with van der Waals surface area (Å²) in [5.74, 6) is -1.25. The van der Waals surface area contributed by atoms with E-state index in [1.807, 2.05) is 0 Å². The molecular formula is C10H9F2NO4. The van der Waals surface area contributed by atoms with Crippen LogP contribution in [0, 0.1) is 10.1 Å². The van der Waals surface area contributed by atoms with E-state index in [4.69, 9.17) is 0 Å². The molecule has 7 heteroatoms. The number of rotatable bonds is 5. The number of benzene rings is 1. The molecular weight excluding hydrogens is 236 g/mol. The van der Waals surface area contributed by atoms with E-state index >= 15 is 0 Å². The average molecular weight is 245 g/mol. The molecule has 0 aliphatic carbocycles. The van der Waals surface area contributed by atoms with Crippen molar-refractivity contribution < 1.29 is 23.2 Å². The van der Waals surface area contributed by atoms with Gasteiger partial charge in [-0.2, -0.15) is 8.78 Å². The van der Waals surface area contributed by atoms with Crippen LogP contribution in [0.2, 0.25) is 0 Å². The fourth-order valence-electron chi connectivity index (χ4n) is 1.42. The number of nitrogens with zero attached hydrogens (tertiary/aromatic N) is 1. The van der Waals surface area contributed by atoms with Crippen LogP contribution in [0.15, 0.2) is 18.2 Å². The molecule has 1 aromatic rings. The predicted octanol–water partition coefficient (Wildman–Crippen LogP) is 2.50. The molecule has 0 N–H and O–H groups in total. The van der Waals surface area contributed by atoms with Gasteiger partial charge >= 0.3 is 6.61 Å². The zero-order valence-electron chi connectivity index (χ0n) is 8.80. The second-order valence-electron chi connectivity index (χ2n) is 3.25. The van der Waals surface area contributed by atoms with Gasteiger partial charge in [-0.25, -0.2) is 0 Å². The van der Waals surface area contributed by atoms with Crippen molar-refractivity contribution in [2.75, 3.05) is 0 Å². The minimum Gasteiger partial charge on any atom is -0.434 e. The van der Waals surface area contributed by atoms with Gasteiger partial charge in [0.05, 0.1) is 10.5 Å². The van der Waals surface area contributed by atoms with Gasteiger partial charge in [-0.05, 0) is 6.07 Å². The Balaban J connectivity index is 3.33. The molecule has 0 radical (unpaired) electrons. The van der Waals surface area contributed by atoms with Gasteiger partial charge in [0.2, 0.25) is 0 Å². The van der Waals surface area contributed by atoms with E-state index in [2.05, 4.69) is 4.74 Å². The number of aldehydes is 1. The molecule has 1 atom stereocenters. The number of hydrogen-bond acceptors (Lipinski definition) is 4. The number of halogens is 2. The number of carbonyl (C=O) groups is 1. The summed E-state index contributed by atoms with van der Waals surface area (Å²) in [6.07, 6.45) is 0.431. The summed E-state index contributed by atoms with van der Waals surface area (Å²) in [6, 6.07) is 3.51. The summed E-state index contributed by atoms with van der Waals surface area (Å²) in [5, 5.41) is 10.7. The van der Waals surface area contributed by atoms with Crippen LogP contribution in [-0.2, 0) is 4.79 Å². The van der Waals surface area contributed by atoms with Crippen LogP contribution in [0.25, 0.3) is 0 Å². The summed E-state index contributed by atoms with van der Waals surface area (Å²) < 4.78 is 28.4. The van der Waals surface area contributed by atoms with Gasteiger partial charge in [-0.15, -0.1) is 0 Å². The minimum absolute atomic E-state index is 0.146. The molecule has 1 rings (SSSR count). The van der Waals surface area contributed by atoms with Crippen LogP contribution in [0.3, 0.4) is 0 Å². The van der Waals surface area contributed by atoms with Gasteiger partial charge in [0.25, 0.3) is 5.69 Å². The first-order chi connectivity index (χ1) is 7.97. The van der Waals surface area contributed by atoms with E-state index in [0.717, 1.165) is 12.1 Å². The number of nitro groups is 1. The highest BCUT2D eigenvalue weighted by Gasteiger charge is 2.24. The van der Waals surface area contributed by atoms with E-state index < -0.39 is 23.1 Å². The van der Waals surface area contributed by atoms with Crippen molar-refractivity contribution in [3.8, 4) is 5.75 Å². The molecule has 0 saturated carbocycles. The van der Waals surface area contributed by atoms with Crippen LogP contribution in [0.5, 0.6) is 5.75 Å². The summed E-state index contributed by atoms with van der Waals surface area (Å²) in [4.78, 5) is 20.6. The maximum atomic E-state index is 12.1. The molecule has 0 bridgehead atoms. The van der Waals surface area contributed by atoms with Crippen molar-refractivity contribution in [2.45, 2.75) is 19.5 Å². The maximum Gasteiger partial charge on any atom is 0.387 e. The molecule has 0 spiro atoms. The third-order valence-corrected chi connectivity index (χ3v) is 2.12.